The van der Waals surface area contributed by atoms with Gasteiger partial charge in [-0.3, -0.25) is 19.8 Å². The lowest BCUT2D eigenvalue weighted by molar-refractivity contribution is -0.140. The summed E-state index contributed by atoms with van der Waals surface area (Å²) in [6.07, 6.45) is 0.560. The Kier molecular flexibility index (Phi) is 3.89. The maximum Gasteiger partial charge on any atom is 0.372 e. The SMILES string of the molecule is CCC1C(=O)NC(=O)CN1Cc1cc(C)c(C(=O)O)o1. The monoisotopic (exact) mass is 280 g/mol. The second-order valence-electron chi connectivity index (χ2n) is 4.77. The highest BCUT2D eigenvalue weighted by molar-refractivity contribution is 6.01. The van der Waals surface area contributed by atoms with Crippen molar-refractivity contribution in [3.05, 3.63) is 23.2 Å². The number of carbonyl (C=O) groups excluding carboxylic acids is 2. The molecule has 1 aliphatic heterocycles. The molecule has 1 atom stereocenters. The molecule has 0 spiro atoms. The third-order valence-corrected chi connectivity index (χ3v) is 3.26. The van der Waals surface area contributed by atoms with Crippen LogP contribution in [0, 0.1) is 6.92 Å². The van der Waals surface area contributed by atoms with Gasteiger partial charge < -0.3 is 9.52 Å². The van der Waals surface area contributed by atoms with Gasteiger partial charge in [0, 0.05) is 5.56 Å². The molecule has 0 bridgehead atoms. The van der Waals surface area contributed by atoms with Crippen LogP contribution in [0.1, 0.15) is 35.2 Å². The molecule has 0 aromatic carbocycles. The van der Waals surface area contributed by atoms with Crippen LogP contribution >= 0.6 is 0 Å². The largest absolute Gasteiger partial charge is 0.475 e. The minimum Gasteiger partial charge on any atom is -0.475 e. The van der Waals surface area contributed by atoms with Gasteiger partial charge in [0.15, 0.2) is 0 Å². The van der Waals surface area contributed by atoms with Crippen LogP contribution in [-0.2, 0) is 16.1 Å². The van der Waals surface area contributed by atoms with Crippen LogP contribution in [0.25, 0.3) is 0 Å². The lowest BCUT2D eigenvalue weighted by Gasteiger charge is -2.32. The standard InChI is InChI=1S/C13H16N2O5/c1-3-9-12(17)14-10(16)6-15(9)5-8-4-7(2)11(20-8)13(18)19/h4,9H,3,5-6H2,1-2H3,(H,18,19)(H,14,16,17). The predicted molar refractivity (Wildman–Crippen MR) is 68.0 cm³/mol. The first-order valence-electron chi connectivity index (χ1n) is 6.32. The molecule has 1 saturated heterocycles. The van der Waals surface area contributed by atoms with Crippen molar-refractivity contribution < 1.29 is 23.9 Å². The number of amides is 2. The van der Waals surface area contributed by atoms with E-state index in [1.165, 1.54) is 0 Å². The number of aromatic carboxylic acids is 1. The Morgan fingerprint density at radius 1 is 1.55 bits per heavy atom. The molecule has 108 valence electrons. The Labute approximate surface area is 115 Å². The number of rotatable bonds is 4. The number of hydrogen-bond donors (Lipinski definition) is 2. The van der Waals surface area contributed by atoms with Gasteiger partial charge in [0.05, 0.1) is 19.1 Å². The van der Waals surface area contributed by atoms with E-state index in [4.69, 9.17) is 9.52 Å². The number of hydrogen-bond acceptors (Lipinski definition) is 5. The van der Waals surface area contributed by atoms with Gasteiger partial charge in [0.25, 0.3) is 0 Å². The summed E-state index contributed by atoms with van der Waals surface area (Å²) in [6.45, 7) is 3.81. The molecule has 0 saturated carbocycles. The molecule has 0 radical (unpaired) electrons. The van der Waals surface area contributed by atoms with Crippen molar-refractivity contribution in [3.63, 3.8) is 0 Å². The van der Waals surface area contributed by atoms with E-state index in [0.717, 1.165) is 0 Å². The molecule has 2 N–H and O–H groups in total. The van der Waals surface area contributed by atoms with Crippen molar-refractivity contribution >= 4 is 17.8 Å². The number of carboxylic acids is 1. The van der Waals surface area contributed by atoms with E-state index >= 15 is 0 Å². The van der Waals surface area contributed by atoms with E-state index < -0.39 is 12.0 Å². The van der Waals surface area contributed by atoms with Gasteiger partial charge in [-0.25, -0.2) is 4.79 Å². The second kappa shape index (κ2) is 5.46. The normalized spacial score (nSPS) is 20.0. The summed E-state index contributed by atoms with van der Waals surface area (Å²) in [6, 6.07) is 1.21. The minimum atomic E-state index is -1.13. The summed E-state index contributed by atoms with van der Waals surface area (Å²) in [5, 5.41) is 11.2. The Hall–Kier alpha value is -2.15. The van der Waals surface area contributed by atoms with Gasteiger partial charge in [-0.2, -0.15) is 0 Å². The molecule has 2 rings (SSSR count). The van der Waals surface area contributed by atoms with E-state index in [1.54, 1.807) is 17.9 Å². The van der Waals surface area contributed by atoms with Crippen LogP contribution in [0.3, 0.4) is 0 Å². The Balaban J connectivity index is 2.19. The number of nitrogens with zero attached hydrogens (tertiary/aromatic N) is 1. The number of imide groups is 1. The van der Waals surface area contributed by atoms with Crippen LogP contribution in [0.5, 0.6) is 0 Å². The van der Waals surface area contributed by atoms with Crippen LogP contribution in [-0.4, -0.2) is 40.4 Å². The zero-order chi connectivity index (χ0) is 14.9. The van der Waals surface area contributed by atoms with Crippen molar-refractivity contribution in [1.29, 1.82) is 0 Å². The number of aryl methyl sites for hydroxylation is 1. The molecule has 1 aromatic rings. The second-order valence-corrected chi connectivity index (χ2v) is 4.77. The number of nitrogens with one attached hydrogen (secondary N) is 1. The molecular weight excluding hydrogens is 264 g/mol. The highest BCUT2D eigenvalue weighted by atomic mass is 16.4. The Morgan fingerprint density at radius 3 is 2.80 bits per heavy atom. The summed E-state index contributed by atoms with van der Waals surface area (Å²) in [7, 11) is 0. The lowest BCUT2D eigenvalue weighted by atomic mass is 10.1. The van der Waals surface area contributed by atoms with Crippen molar-refractivity contribution in [3.8, 4) is 0 Å². The molecule has 1 fully saturated rings. The summed E-state index contributed by atoms with van der Waals surface area (Å²) < 4.78 is 5.26. The van der Waals surface area contributed by atoms with Gasteiger partial charge in [-0.1, -0.05) is 6.92 Å². The van der Waals surface area contributed by atoms with Crippen LogP contribution in [0.15, 0.2) is 10.5 Å². The van der Waals surface area contributed by atoms with Crippen molar-refractivity contribution in [2.75, 3.05) is 6.54 Å². The highest BCUT2D eigenvalue weighted by Crippen LogP contribution is 2.19. The summed E-state index contributed by atoms with van der Waals surface area (Å²) in [5.41, 5.74) is 0.522. The summed E-state index contributed by atoms with van der Waals surface area (Å²) in [5.74, 6) is -1.50. The van der Waals surface area contributed by atoms with Gasteiger partial charge in [-0.05, 0) is 19.4 Å². The van der Waals surface area contributed by atoms with Crippen LogP contribution in [0.4, 0.5) is 0 Å². The average molecular weight is 280 g/mol. The zero-order valence-electron chi connectivity index (χ0n) is 11.3. The van der Waals surface area contributed by atoms with E-state index in [-0.39, 0.29) is 30.7 Å². The molecule has 2 amide bonds. The molecule has 2 heterocycles. The fraction of sp³-hybridized carbons (Fsp3) is 0.462. The van der Waals surface area contributed by atoms with Crippen molar-refractivity contribution in [1.82, 2.24) is 10.2 Å². The first kappa shape index (κ1) is 14.3. The van der Waals surface area contributed by atoms with Crippen LogP contribution in [0.2, 0.25) is 0 Å². The zero-order valence-corrected chi connectivity index (χ0v) is 11.3. The van der Waals surface area contributed by atoms with E-state index in [1.807, 2.05) is 6.92 Å². The van der Waals surface area contributed by atoms with Gasteiger partial charge in [0.1, 0.15) is 5.76 Å². The minimum absolute atomic E-state index is 0.0897. The quantitative estimate of drug-likeness (QED) is 0.780. The first-order chi connectivity index (χ1) is 9.42. The third kappa shape index (κ3) is 2.72. The van der Waals surface area contributed by atoms with Gasteiger partial charge >= 0.3 is 5.97 Å². The Morgan fingerprint density at radius 2 is 2.25 bits per heavy atom. The fourth-order valence-corrected chi connectivity index (χ4v) is 2.37. The number of carboxylic acid groups (broad SMARTS) is 1. The molecule has 1 aliphatic rings. The van der Waals surface area contributed by atoms with Crippen LogP contribution < -0.4 is 5.32 Å². The highest BCUT2D eigenvalue weighted by Gasteiger charge is 2.33. The van der Waals surface area contributed by atoms with E-state index in [2.05, 4.69) is 5.32 Å². The maximum absolute atomic E-state index is 11.7. The summed E-state index contributed by atoms with van der Waals surface area (Å²) in [4.78, 5) is 35.7. The number of furan rings is 1. The molecule has 0 aliphatic carbocycles. The molecule has 7 heteroatoms. The first-order valence-corrected chi connectivity index (χ1v) is 6.32. The van der Waals surface area contributed by atoms with E-state index in [9.17, 15) is 14.4 Å². The van der Waals surface area contributed by atoms with Gasteiger partial charge in [-0.15, -0.1) is 0 Å². The number of carbonyl (C=O) groups is 3. The summed E-state index contributed by atoms with van der Waals surface area (Å²) >= 11 is 0. The predicted octanol–water partition coefficient (Wildman–Crippen LogP) is 0.523. The fourth-order valence-electron chi connectivity index (χ4n) is 2.37. The molecule has 7 nitrogen and oxygen atoms in total. The molecule has 1 aromatic heterocycles. The lowest BCUT2D eigenvalue weighted by Crippen LogP contribution is -2.57. The third-order valence-electron chi connectivity index (χ3n) is 3.26. The molecular formula is C13H16N2O5. The Bertz CT molecular complexity index is 563. The van der Waals surface area contributed by atoms with E-state index in [0.29, 0.717) is 17.7 Å². The average Bonchev–Trinajstić information content (AvgIpc) is 2.70. The smallest absolute Gasteiger partial charge is 0.372 e. The molecule has 1 unspecified atom stereocenters. The topological polar surface area (TPSA) is 99.9 Å². The maximum atomic E-state index is 11.7. The number of piperazine rings is 1. The molecule has 20 heavy (non-hydrogen) atoms. The van der Waals surface area contributed by atoms with Crippen molar-refractivity contribution in [2.24, 2.45) is 0 Å². The van der Waals surface area contributed by atoms with Crippen molar-refractivity contribution in [2.45, 2.75) is 32.9 Å². The van der Waals surface area contributed by atoms with Gasteiger partial charge in [0.2, 0.25) is 17.6 Å².